The van der Waals surface area contributed by atoms with Crippen LogP contribution in [0.3, 0.4) is 0 Å². The number of carbonyl (C=O) groups is 1. The van der Waals surface area contributed by atoms with Crippen LogP contribution in [0.25, 0.3) is 11.4 Å². The number of amides is 1. The van der Waals surface area contributed by atoms with E-state index in [1.54, 1.807) is 23.6 Å². The fourth-order valence-corrected chi connectivity index (χ4v) is 6.49. The Labute approximate surface area is 191 Å². The van der Waals surface area contributed by atoms with Gasteiger partial charge in [-0.2, -0.15) is 0 Å². The lowest BCUT2D eigenvalue weighted by atomic mass is 10.2. The second kappa shape index (κ2) is 9.45. The quantitative estimate of drug-likeness (QED) is 0.457. The van der Waals surface area contributed by atoms with E-state index in [2.05, 4.69) is 15.2 Å². The van der Waals surface area contributed by atoms with Crippen molar-refractivity contribution >= 4 is 27.5 Å². The number of rotatable bonds is 8. The largest absolute Gasteiger partial charge is 0.467 e. The highest BCUT2D eigenvalue weighted by molar-refractivity contribution is 8.00. The third-order valence-electron chi connectivity index (χ3n) is 5.43. The number of carbonyl (C=O) groups excluding carboxylic acids is 1. The Morgan fingerprint density at radius 3 is 2.81 bits per heavy atom. The number of hydrogen-bond acceptors (Lipinski definition) is 8. The van der Waals surface area contributed by atoms with Crippen LogP contribution < -0.4 is 0 Å². The molecule has 0 saturated carbocycles. The summed E-state index contributed by atoms with van der Waals surface area (Å²) in [5.74, 6) is 1.43. The summed E-state index contributed by atoms with van der Waals surface area (Å²) in [6, 6.07) is 7.15. The molecule has 3 aromatic heterocycles. The van der Waals surface area contributed by atoms with Crippen LogP contribution in [0.4, 0.5) is 0 Å². The van der Waals surface area contributed by atoms with Crippen LogP contribution in [0.2, 0.25) is 0 Å². The molecule has 2 atom stereocenters. The Bertz CT molecular complexity index is 1160. The molecule has 1 aliphatic rings. The maximum atomic E-state index is 13.2. The molecule has 11 heteroatoms. The van der Waals surface area contributed by atoms with Gasteiger partial charge in [0.2, 0.25) is 5.91 Å². The summed E-state index contributed by atoms with van der Waals surface area (Å²) in [6.45, 7) is 4.56. The van der Waals surface area contributed by atoms with Crippen LogP contribution in [0, 0.1) is 0 Å². The van der Waals surface area contributed by atoms with Crippen LogP contribution >= 0.6 is 11.8 Å². The molecule has 3 aromatic rings. The van der Waals surface area contributed by atoms with Crippen molar-refractivity contribution in [2.45, 2.75) is 43.3 Å². The fraction of sp³-hybridized carbons (Fsp3) is 0.429. The molecule has 4 rings (SSSR count). The third-order valence-corrected chi connectivity index (χ3v) is 8.25. The molecule has 4 heterocycles. The molecule has 9 nitrogen and oxygen atoms in total. The Morgan fingerprint density at radius 2 is 2.19 bits per heavy atom. The van der Waals surface area contributed by atoms with Crippen molar-refractivity contribution in [3.63, 3.8) is 0 Å². The highest BCUT2D eigenvalue weighted by Crippen LogP contribution is 2.29. The number of thioether (sulfide) groups is 1. The van der Waals surface area contributed by atoms with Crippen molar-refractivity contribution in [1.82, 2.24) is 24.6 Å². The first-order chi connectivity index (χ1) is 15.4. The van der Waals surface area contributed by atoms with E-state index in [0.29, 0.717) is 30.5 Å². The van der Waals surface area contributed by atoms with Crippen LogP contribution in [-0.2, 0) is 21.2 Å². The fourth-order valence-electron chi connectivity index (χ4n) is 3.84. The number of hydrogen-bond donors (Lipinski definition) is 0. The Morgan fingerprint density at radius 1 is 1.34 bits per heavy atom. The van der Waals surface area contributed by atoms with Crippen molar-refractivity contribution in [2.75, 3.05) is 18.1 Å². The van der Waals surface area contributed by atoms with E-state index in [4.69, 9.17) is 4.42 Å². The van der Waals surface area contributed by atoms with Gasteiger partial charge in [-0.15, -0.1) is 10.2 Å². The minimum atomic E-state index is -3.08. The minimum absolute atomic E-state index is 0.0315. The molecule has 32 heavy (non-hydrogen) atoms. The van der Waals surface area contributed by atoms with Crippen molar-refractivity contribution in [3.8, 4) is 11.4 Å². The Balaban J connectivity index is 1.57. The number of aromatic nitrogens is 4. The minimum Gasteiger partial charge on any atom is -0.467 e. The monoisotopic (exact) mass is 475 g/mol. The smallest absolute Gasteiger partial charge is 0.236 e. The standard InChI is InChI=1S/C21H25N5O4S2/c1-3-25(17-8-11-32(28,29)14-17)20(27)15(2)31-21-24-23-19(16-6-4-9-22-12-16)26(21)13-18-7-5-10-30-18/h4-7,9-10,12,15,17H,3,8,11,13-14H2,1-2H3/t15-,17-/m0/s1. The molecule has 1 amide bonds. The highest BCUT2D eigenvalue weighted by atomic mass is 32.2. The molecule has 0 aromatic carbocycles. The van der Waals surface area contributed by atoms with Gasteiger partial charge in [-0.05, 0) is 44.5 Å². The van der Waals surface area contributed by atoms with Gasteiger partial charge in [0.05, 0.1) is 29.6 Å². The second-order valence-electron chi connectivity index (χ2n) is 7.65. The van der Waals surface area contributed by atoms with Gasteiger partial charge in [0, 0.05) is 30.5 Å². The highest BCUT2D eigenvalue weighted by Gasteiger charge is 2.36. The predicted octanol–water partition coefficient (Wildman–Crippen LogP) is 2.50. The van der Waals surface area contributed by atoms with E-state index >= 15 is 0 Å². The normalized spacial score (nSPS) is 18.5. The van der Waals surface area contributed by atoms with Crippen molar-refractivity contribution in [2.24, 2.45) is 0 Å². The van der Waals surface area contributed by atoms with Gasteiger partial charge < -0.3 is 9.32 Å². The molecular weight excluding hydrogens is 450 g/mol. The summed E-state index contributed by atoms with van der Waals surface area (Å²) < 4.78 is 31.2. The molecule has 0 N–H and O–H groups in total. The average Bonchev–Trinajstić information content (AvgIpc) is 3.51. The average molecular weight is 476 g/mol. The summed E-state index contributed by atoms with van der Waals surface area (Å²) in [4.78, 5) is 19.1. The summed E-state index contributed by atoms with van der Waals surface area (Å²) >= 11 is 1.30. The van der Waals surface area contributed by atoms with Crippen LogP contribution in [-0.4, -0.2) is 68.3 Å². The molecule has 170 valence electrons. The lowest BCUT2D eigenvalue weighted by molar-refractivity contribution is -0.131. The molecule has 1 saturated heterocycles. The molecule has 0 bridgehead atoms. The first-order valence-corrected chi connectivity index (χ1v) is 13.1. The molecule has 0 aliphatic carbocycles. The van der Waals surface area contributed by atoms with E-state index in [1.807, 2.05) is 42.7 Å². The van der Waals surface area contributed by atoms with E-state index in [1.165, 1.54) is 11.8 Å². The first kappa shape index (κ1) is 22.5. The lowest BCUT2D eigenvalue weighted by Crippen LogP contribution is -2.44. The maximum Gasteiger partial charge on any atom is 0.236 e. The Kier molecular flexibility index (Phi) is 6.66. The summed E-state index contributed by atoms with van der Waals surface area (Å²) in [7, 11) is -3.08. The zero-order chi connectivity index (χ0) is 22.7. The number of sulfone groups is 1. The van der Waals surface area contributed by atoms with Crippen LogP contribution in [0.1, 0.15) is 26.0 Å². The van der Waals surface area contributed by atoms with Crippen LogP contribution in [0.5, 0.6) is 0 Å². The molecule has 0 unspecified atom stereocenters. The van der Waals surface area contributed by atoms with E-state index in [-0.39, 0.29) is 23.5 Å². The van der Waals surface area contributed by atoms with Crippen molar-refractivity contribution in [1.29, 1.82) is 0 Å². The third kappa shape index (κ3) is 4.88. The van der Waals surface area contributed by atoms with Crippen molar-refractivity contribution < 1.29 is 17.6 Å². The molecule has 0 radical (unpaired) electrons. The van der Waals surface area contributed by atoms with Gasteiger partial charge in [-0.3, -0.25) is 14.3 Å². The van der Waals surface area contributed by atoms with E-state index in [9.17, 15) is 13.2 Å². The summed E-state index contributed by atoms with van der Waals surface area (Å²) in [5.41, 5.74) is 0.809. The maximum absolute atomic E-state index is 13.2. The molecule has 1 aliphatic heterocycles. The molecule has 1 fully saturated rings. The summed E-state index contributed by atoms with van der Waals surface area (Å²) in [5, 5.41) is 8.81. The van der Waals surface area contributed by atoms with Gasteiger partial charge >= 0.3 is 0 Å². The zero-order valence-corrected chi connectivity index (χ0v) is 19.6. The predicted molar refractivity (Wildman–Crippen MR) is 121 cm³/mol. The van der Waals surface area contributed by atoms with Gasteiger partial charge in [0.15, 0.2) is 20.8 Å². The lowest BCUT2D eigenvalue weighted by Gasteiger charge is -2.29. The SMILES string of the molecule is CCN(C(=O)[C@H](C)Sc1nnc(-c2cccnc2)n1Cc1ccco1)[C@H]1CCS(=O)(=O)C1. The number of furan rings is 1. The van der Waals surface area contributed by atoms with Gasteiger partial charge in [-0.1, -0.05) is 11.8 Å². The van der Waals surface area contributed by atoms with Gasteiger partial charge in [0.25, 0.3) is 0 Å². The topological polar surface area (TPSA) is 111 Å². The van der Waals surface area contributed by atoms with Crippen LogP contribution in [0.15, 0.2) is 52.5 Å². The second-order valence-corrected chi connectivity index (χ2v) is 11.2. The first-order valence-electron chi connectivity index (χ1n) is 10.4. The van der Waals surface area contributed by atoms with Gasteiger partial charge in [0.1, 0.15) is 5.76 Å². The molecule has 0 spiro atoms. The number of nitrogens with zero attached hydrogens (tertiary/aromatic N) is 5. The summed E-state index contributed by atoms with van der Waals surface area (Å²) in [6.07, 6.45) is 5.50. The van der Waals surface area contributed by atoms with E-state index in [0.717, 1.165) is 11.3 Å². The van der Waals surface area contributed by atoms with Gasteiger partial charge in [-0.25, -0.2) is 8.42 Å². The Hall–Kier alpha value is -2.66. The van der Waals surface area contributed by atoms with E-state index < -0.39 is 15.1 Å². The number of pyridine rings is 1. The molecular formula is C21H25N5O4S2. The zero-order valence-electron chi connectivity index (χ0n) is 17.9. The van der Waals surface area contributed by atoms with Crippen molar-refractivity contribution in [3.05, 3.63) is 48.7 Å².